The lowest BCUT2D eigenvalue weighted by atomic mass is 10.1. The zero-order valence-electron chi connectivity index (χ0n) is 14.6. The Hall–Kier alpha value is -2.34. The van der Waals surface area contributed by atoms with Crippen molar-refractivity contribution >= 4 is 5.91 Å². The normalized spacial score (nSPS) is 17.6. The Kier molecular flexibility index (Phi) is 5.38. The van der Waals surface area contributed by atoms with E-state index in [0.717, 1.165) is 36.5 Å². The molecule has 1 N–H and O–H groups in total. The zero-order chi connectivity index (χ0) is 17.8. The minimum atomic E-state index is -0.357. The van der Waals surface area contributed by atoms with Gasteiger partial charge >= 0.3 is 0 Å². The first kappa shape index (κ1) is 17.5. The molecule has 1 aliphatic rings. The summed E-state index contributed by atoms with van der Waals surface area (Å²) in [6, 6.07) is 6.60. The van der Waals surface area contributed by atoms with Crippen molar-refractivity contribution in [3.05, 3.63) is 58.9 Å². The highest BCUT2D eigenvalue weighted by Crippen LogP contribution is 2.31. The number of carbonyl (C=O) groups is 1. The van der Waals surface area contributed by atoms with Crippen molar-refractivity contribution in [1.29, 1.82) is 0 Å². The molecule has 1 aromatic carbocycles. The molecule has 1 atom stereocenters. The first-order chi connectivity index (χ1) is 12.0. The molecule has 132 valence electrons. The van der Waals surface area contributed by atoms with Gasteiger partial charge in [-0.1, -0.05) is 18.2 Å². The molecule has 1 amide bonds. The third kappa shape index (κ3) is 4.20. The van der Waals surface area contributed by atoms with Crippen molar-refractivity contribution in [3.8, 4) is 0 Å². The number of rotatable bonds is 5. The van der Waals surface area contributed by atoms with E-state index in [2.05, 4.69) is 27.2 Å². The Morgan fingerprint density at radius 3 is 2.88 bits per heavy atom. The summed E-state index contributed by atoms with van der Waals surface area (Å²) in [5, 5.41) is 2.87. The van der Waals surface area contributed by atoms with Gasteiger partial charge in [-0.05, 0) is 45.0 Å². The molecule has 0 radical (unpaired) electrons. The Bertz CT molecular complexity index is 765. The second-order valence-corrected chi connectivity index (χ2v) is 6.51. The highest BCUT2D eigenvalue weighted by molar-refractivity contribution is 5.78. The van der Waals surface area contributed by atoms with Crippen molar-refractivity contribution in [2.24, 2.45) is 0 Å². The molecule has 0 bridgehead atoms. The summed E-state index contributed by atoms with van der Waals surface area (Å²) in [7, 11) is 2.09. The molecule has 2 aromatic rings. The van der Waals surface area contributed by atoms with Gasteiger partial charge in [0.25, 0.3) is 0 Å². The predicted octanol–water partition coefficient (Wildman–Crippen LogP) is 2.55. The molecule has 3 rings (SSSR count). The third-order valence-corrected chi connectivity index (χ3v) is 4.64. The molecule has 1 aliphatic heterocycles. The van der Waals surface area contributed by atoms with Crippen LogP contribution in [0.4, 0.5) is 4.39 Å². The van der Waals surface area contributed by atoms with Crippen molar-refractivity contribution < 1.29 is 9.18 Å². The van der Waals surface area contributed by atoms with Gasteiger partial charge in [0.2, 0.25) is 5.91 Å². The molecule has 5 nitrogen and oxygen atoms in total. The van der Waals surface area contributed by atoms with Crippen LogP contribution in [0.25, 0.3) is 0 Å². The van der Waals surface area contributed by atoms with Crippen LogP contribution in [0.5, 0.6) is 0 Å². The number of hydrogen-bond acceptors (Lipinski definition) is 4. The maximum atomic E-state index is 13.7. The lowest BCUT2D eigenvalue weighted by Gasteiger charge is -2.21. The Labute approximate surface area is 147 Å². The fourth-order valence-corrected chi connectivity index (χ4v) is 3.26. The summed E-state index contributed by atoms with van der Waals surface area (Å²) in [4.78, 5) is 23.3. The summed E-state index contributed by atoms with van der Waals surface area (Å²) in [5.41, 5.74) is 2.31. The van der Waals surface area contributed by atoms with Gasteiger partial charge in [-0.15, -0.1) is 0 Å². The average Bonchev–Trinajstić information content (AvgIpc) is 3.01. The summed E-state index contributed by atoms with van der Waals surface area (Å²) in [6.45, 7) is 3.28. The van der Waals surface area contributed by atoms with Crippen LogP contribution >= 0.6 is 0 Å². The van der Waals surface area contributed by atoms with Crippen LogP contribution in [0.15, 0.2) is 30.5 Å². The first-order valence-corrected chi connectivity index (χ1v) is 8.57. The van der Waals surface area contributed by atoms with Crippen molar-refractivity contribution in [1.82, 2.24) is 20.2 Å². The smallest absolute Gasteiger partial charge is 0.224 e. The van der Waals surface area contributed by atoms with Gasteiger partial charge in [0.1, 0.15) is 11.6 Å². The van der Waals surface area contributed by atoms with Gasteiger partial charge in [0.15, 0.2) is 0 Å². The standard InChI is InChI=1S/C19H23FN4O/c1-13-21-11-15(19(23-13)17-8-5-9-24(17)2)12-22-18(25)10-14-6-3-4-7-16(14)20/h3-4,6-7,11,17H,5,8-10,12H2,1-2H3,(H,22,25)/t17-/m0/s1. The lowest BCUT2D eigenvalue weighted by molar-refractivity contribution is -0.120. The van der Waals surface area contributed by atoms with E-state index in [1.807, 2.05) is 6.92 Å². The van der Waals surface area contributed by atoms with E-state index in [1.54, 1.807) is 24.4 Å². The predicted molar refractivity (Wildman–Crippen MR) is 93.3 cm³/mol. The Balaban J connectivity index is 1.68. The minimum Gasteiger partial charge on any atom is -0.352 e. The number of halogens is 1. The van der Waals surface area contributed by atoms with Crippen LogP contribution < -0.4 is 5.32 Å². The summed E-state index contributed by atoms with van der Waals surface area (Å²) in [6.07, 6.45) is 4.01. The molecular weight excluding hydrogens is 319 g/mol. The largest absolute Gasteiger partial charge is 0.352 e. The zero-order valence-corrected chi connectivity index (χ0v) is 14.6. The van der Waals surface area contributed by atoms with E-state index in [0.29, 0.717) is 12.1 Å². The fourth-order valence-electron chi connectivity index (χ4n) is 3.26. The van der Waals surface area contributed by atoms with Crippen LogP contribution in [0.3, 0.4) is 0 Å². The molecule has 0 aliphatic carbocycles. The van der Waals surface area contributed by atoms with Crippen LogP contribution in [-0.4, -0.2) is 34.4 Å². The number of nitrogens with zero attached hydrogens (tertiary/aromatic N) is 3. The summed E-state index contributed by atoms with van der Waals surface area (Å²) >= 11 is 0. The van der Waals surface area contributed by atoms with Gasteiger partial charge in [-0.25, -0.2) is 14.4 Å². The molecule has 1 fully saturated rings. The molecule has 6 heteroatoms. The van der Waals surface area contributed by atoms with Crippen LogP contribution in [0.2, 0.25) is 0 Å². The number of aryl methyl sites for hydroxylation is 1. The second-order valence-electron chi connectivity index (χ2n) is 6.51. The fraction of sp³-hybridized carbons (Fsp3) is 0.421. The molecule has 1 aromatic heterocycles. The number of likely N-dealkylation sites (tertiary alicyclic amines) is 1. The first-order valence-electron chi connectivity index (χ1n) is 8.57. The number of amides is 1. The molecule has 0 unspecified atom stereocenters. The lowest BCUT2D eigenvalue weighted by Crippen LogP contribution is -2.27. The maximum absolute atomic E-state index is 13.7. The number of benzene rings is 1. The van der Waals surface area contributed by atoms with Gasteiger partial charge in [-0.2, -0.15) is 0 Å². The van der Waals surface area contributed by atoms with Crippen molar-refractivity contribution in [2.75, 3.05) is 13.6 Å². The highest BCUT2D eigenvalue weighted by atomic mass is 19.1. The topological polar surface area (TPSA) is 58.1 Å². The molecular formula is C19H23FN4O. The number of carbonyl (C=O) groups excluding carboxylic acids is 1. The average molecular weight is 342 g/mol. The van der Waals surface area contributed by atoms with E-state index >= 15 is 0 Å². The Morgan fingerprint density at radius 1 is 1.36 bits per heavy atom. The van der Waals surface area contributed by atoms with E-state index in [9.17, 15) is 9.18 Å². The molecule has 2 heterocycles. The third-order valence-electron chi connectivity index (χ3n) is 4.64. The summed E-state index contributed by atoms with van der Waals surface area (Å²) in [5.74, 6) is 0.165. The van der Waals surface area contributed by atoms with Crippen LogP contribution in [-0.2, 0) is 17.8 Å². The van der Waals surface area contributed by atoms with E-state index in [4.69, 9.17) is 0 Å². The maximum Gasteiger partial charge on any atom is 0.224 e. The van der Waals surface area contributed by atoms with E-state index in [-0.39, 0.29) is 24.2 Å². The molecule has 25 heavy (non-hydrogen) atoms. The number of hydrogen-bond donors (Lipinski definition) is 1. The van der Waals surface area contributed by atoms with Gasteiger partial charge in [0.05, 0.1) is 18.2 Å². The monoisotopic (exact) mass is 342 g/mol. The van der Waals surface area contributed by atoms with E-state index in [1.165, 1.54) is 6.07 Å². The number of aromatic nitrogens is 2. The minimum absolute atomic E-state index is 0.0258. The highest BCUT2D eigenvalue weighted by Gasteiger charge is 2.26. The SMILES string of the molecule is Cc1ncc(CNC(=O)Cc2ccccc2F)c([C@@H]2CCCN2C)n1. The van der Waals surface area contributed by atoms with Gasteiger partial charge < -0.3 is 5.32 Å². The number of nitrogens with one attached hydrogen (secondary N) is 1. The van der Waals surface area contributed by atoms with Crippen molar-refractivity contribution in [3.63, 3.8) is 0 Å². The summed E-state index contributed by atoms with van der Waals surface area (Å²) < 4.78 is 13.7. The molecule has 1 saturated heterocycles. The Morgan fingerprint density at radius 2 is 2.16 bits per heavy atom. The molecule has 0 spiro atoms. The van der Waals surface area contributed by atoms with Gasteiger partial charge in [-0.3, -0.25) is 9.69 Å². The van der Waals surface area contributed by atoms with Crippen LogP contribution in [0.1, 0.15) is 41.5 Å². The quantitative estimate of drug-likeness (QED) is 0.907. The van der Waals surface area contributed by atoms with Crippen molar-refractivity contribution in [2.45, 2.75) is 38.8 Å². The van der Waals surface area contributed by atoms with E-state index < -0.39 is 0 Å². The van der Waals surface area contributed by atoms with Crippen LogP contribution in [0, 0.1) is 12.7 Å². The van der Waals surface area contributed by atoms with Gasteiger partial charge in [0, 0.05) is 18.3 Å². The second kappa shape index (κ2) is 7.70. The molecule has 0 saturated carbocycles.